The number of benzene rings is 1. The fourth-order valence-electron chi connectivity index (χ4n) is 4.61. The highest BCUT2D eigenvalue weighted by molar-refractivity contribution is 6.07. The smallest absolute Gasteiger partial charge is 0.242 e. The van der Waals surface area contributed by atoms with Crippen molar-refractivity contribution in [2.75, 3.05) is 31.7 Å². The molecule has 0 saturated carbocycles. The quantitative estimate of drug-likeness (QED) is 0.448. The average molecular weight is 502 g/mol. The van der Waals surface area contributed by atoms with Crippen LogP contribution >= 0.6 is 0 Å². The number of aryl methyl sites for hydroxylation is 1. The molecule has 190 valence electrons. The van der Waals surface area contributed by atoms with E-state index in [4.69, 9.17) is 14.2 Å². The van der Waals surface area contributed by atoms with Gasteiger partial charge in [0, 0.05) is 41.5 Å². The van der Waals surface area contributed by atoms with Crippen molar-refractivity contribution in [2.24, 2.45) is 0 Å². The Hall–Kier alpha value is -3.37. The number of pyridine rings is 1. The lowest BCUT2D eigenvalue weighted by atomic mass is 9.94. The number of ether oxygens (including phenoxy) is 3. The Kier molecular flexibility index (Phi) is 7.24. The molecule has 2 aliphatic rings. The molecule has 3 heterocycles. The van der Waals surface area contributed by atoms with Crippen LogP contribution < -0.4 is 10.1 Å². The summed E-state index contributed by atoms with van der Waals surface area (Å²) in [6.45, 7) is 1.69. The van der Waals surface area contributed by atoms with Crippen LogP contribution in [0.4, 0.5) is 24.5 Å². The fraction of sp³-hybridized carbons (Fsp3) is 0.385. The Labute approximate surface area is 206 Å². The molecular formula is C26H26F3N3O4. The first-order valence-electron chi connectivity index (χ1n) is 11.9. The number of ketones is 1. The van der Waals surface area contributed by atoms with Crippen molar-refractivity contribution in [1.29, 1.82) is 0 Å². The summed E-state index contributed by atoms with van der Waals surface area (Å²) in [6.07, 6.45) is 1.16. The summed E-state index contributed by atoms with van der Waals surface area (Å²) < 4.78 is 58.1. The van der Waals surface area contributed by atoms with E-state index >= 15 is 0 Å². The van der Waals surface area contributed by atoms with Gasteiger partial charge >= 0.3 is 0 Å². The SMILES string of the molecule is O=C1CCCc2[nH]c(-c3ccncc3OCC3COCCO3)c(Nc3cccc(F)c3CC(F)F)c21. The Morgan fingerprint density at radius 1 is 1.22 bits per heavy atom. The van der Waals surface area contributed by atoms with E-state index in [2.05, 4.69) is 15.3 Å². The van der Waals surface area contributed by atoms with Crippen molar-refractivity contribution in [3.63, 3.8) is 0 Å². The fourth-order valence-corrected chi connectivity index (χ4v) is 4.61. The molecule has 0 radical (unpaired) electrons. The predicted molar refractivity (Wildman–Crippen MR) is 127 cm³/mol. The van der Waals surface area contributed by atoms with E-state index in [-0.39, 0.29) is 29.7 Å². The number of Topliss-reactive ketones (excluding diaryl/α,β-unsaturated/α-hetero) is 1. The van der Waals surface area contributed by atoms with E-state index in [0.717, 1.165) is 11.8 Å². The van der Waals surface area contributed by atoms with Crippen LogP contribution in [0.5, 0.6) is 5.75 Å². The molecule has 1 saturated heterocycles. The highest BCUT2D eigenvalue weighted by Crippen LogP contribution is 2.42. The minimum atomic E-state index is -2.73. The Bertz CT molecular complexity index is 1240. The van der Waals surface area contributed by atoms with Gasteiger partial charge in [0.25, 0.3) is 0 Å². The summed E-state index contributed by atoms with van der Waals surface area (Å²) in [6, 6.07) is 5.86. The van der Waals surface area contributed by atoms with E-state index in [1.54, 1.807) is 18.5 Å². The number of hydrogen-bond donors (Lipinski definition) is 2. The lowest BCUT2D eigenvalue weighted by Crippen LogP contribution is -2.33. The van der Waals surface area contributed by atoms with Crippen LogP contribution in [0.1, 0.15) is 34.5 Å². The zero-order valence-corrected chi connectivity index (χ0v) is 19.5. The molecule has 0 spiro atoms. The summed E-state index contributed by atoms with van der Waals surface area (Å²) >= 11 is 0. The van der Waals surface area contributed by atoms with Crippen LogP contribution in [0.25, 0.3) is 11.3 Å². The van der Waals surface area contributed by atoms with Crippen LogP contribution in [0, 0.1) is 5.82 Å². The van der Waals surface area contributed by atoms with Gasteiger partial charge in [0.2, 0.25) is 6.43 Å². The molecule has 7 nitrogen and oxygen atoms in total. The maximum atomic E-state index is 14.5. The number of fused-ring (bicyclic) bond motifs is 1. The van der Waals surface area contributed by atoms with Crippen molar-refractivity contribution in [3.05, 3.63) is 59.3 Å². The molecule has 36 heavy (non-hydrogen) atoms. The van der Waals surface area contributed by atoms with Gasteiger partial charge in [-0.25, -0.2) is 13.2 Å². The highest BCUT2D eigenvalue weighted by atomic mass is 19.3. The van der Waals surface area contributed by atoms with Crippen LogP contribution in [0.3, 0.4) is 0 Å². The van der Waals surface area contributed by atoms with E-state index in [0.29, 0.717) is 67.3 Å². The van der Waals surface area contributed by atoms with Gasteiger partial charge in [-0.3, -0.25) is 9.78 Å². The molecule has 1 unspecified atom stereocenters. The molecular weight excluding hydrogens is 475 g/mol. The molecule has 1 aliphatic heterocycles. The largest absolute Gasteiger partial charge is 0.488 e. The summed E-state index contributed by atoms with van der Waals surface area (Å²) in [5.41, 5.74) is 2.80. The topological polar surface area (TPSA) is 85.5 Å². The van der Waals surface area contributed by atoms with Crippen LogP contribution in [0.15, 0.2) is 36.7 Å². The first-order chi connectivity index (χ1) is 17.5. The van der Waals surface area contributed by atoms with Crippen molar-refractivity contribution in [3.8, 4) is 17.0 Å². The molecule has 5 rings (SSSR count). The van der Waals surface area contributed by atoms with Crippen LogP contribution in [0.2, 0.25) is 0 Å². The minimum Gasteiger partial charge on any atom is -0.488 e. The Morgan fingerprint density at radius 3 is 2.92 bits per heavy atom. The third-order valence-electron chi connectivity index (χ3n) is 6.29. The maximum absolute atomic E-state index is 14.5. The first kappa shape index (κ1) is 24.3. The third kappa shape index (κ3) is 5.10. The van der Waals surface area contributed by atoms with Gasteiger partial charge in [-0.1, -0.05) is 6.07 Å². The molecule has 1 aliphatic carbocycles. The standard InChI is InChI=1S/C26H26F3N3O4/c27-18-3-1-4-19(17(18)11-23(28)29)31-26-24-20(5-2-6-21(24)33)32-25(26)16-7-8-30-12-22(16)36-14-15-13-34-9-10-35-15/h1,3-4,7-8,12,15,23,31-32H,2,5-6,9-11,13-14H2. The third-order valence-corrected chi connectivity index (χ3v) is 6.29. The number of hydrogen-bond acceptors (Lipinski definition) is 6. The molecule has 2 N–H and O–H groups in total. The second-order valence-corrected chi connectivity index (χ2v) is 8.74. The Morgan fingerprint density at radius 2 is 2.11 bits per heavy atom. The number of nitrogens with one attached hydrogen (secondary N) is 2. The van der Waals surface area contributed by atoms with Crippen LogP contribution in [-0.4, -0.2) is 54.7 Å². The zero-order valence-electron chi connectivity index (χ0n) is 19.5. The summed E-state index contributed by atoms with van der Waals surface area (Å²) in [7, 11) is 0. The molecule has 10 heteroatoms. The van der Waals surface area contributed by atoms with E-state index in [9.17, 15) is 18.0 Å². The number of carbonyl (C=O) groups excluding carboxylic acids is 1. The lowest BCUT2D eigenvalue weighted by Gasteiger charge is -2.23. The number of halogens is 3. The van der Waals surface area contributed by atoms with Gasteiger partial charge in [0.15, 0.2) is 5.78 Å². The summed E-state index contributed by atoms with van der Waals surface area (Å²) in [5, 5.41) is 3.11. The second-order valence-electron chi connectivity index (χ2n) is 8.74. The Balaban J connectivity index is 1.55. The molecule has 0 amide bonds. The monoisotopic (exact) mass is 501 g/mol. The van der Waals surface area contributed by atoms with Gasteiger partial charge in [-0.05, 0) is 31.0 Å². The van der Waals surface area contributed by atoms with E-state index in [1.165, 1.54) is 12.1 Å². The van der Waals surface area contributed by atoms with Crippen molar-refractivity contribution in [1.82, 2.24) is 9.97 Å². The highest BCUT2D eigenvalue weighted by Gasteiger charge is 2.29. The summed E-state index contributed by atoms with van der Waals surface area (Å²) in [5.74, 6) is -0.356. The van der Waals surface area contributed by atoms with Crippen molar-refractivity contribution in [2.45, 2.75) is 38.2 Å². The molecule has 0 bridgehead atoms. The van der Waals surface area contributed by atoms with Gasteiger partial charge < -0.3 is 24.5 Å². The van der Waals surface area contributed by atoms with Crippen molar-refractivity contribution >= 4 is 17.2 Å². The summed E-state index contributed by atoms with van der Waals surface area (Å²) in [4.78, 5) is 20.5. The van der Waals surface area contributed by atoms with Crippen LogP contribution in [-0.2, 0) is 22.3 Å². The van der Waals surface area contributed by atoms with Crippen molar-refractivity contribution < 1.29 is 32.2 Å². The molecule has 1 fully saturated rings. The number of nitrogens with zero attached hydrogens (tertiary/aromatic N) is 1. The normalized spacial score (nSPS) is 17.8. The lowest BCUT2D eigenvalue weighted by molar-refractivity contribution is -0.101. The number of H-pyrrole nitrogens is 1. The number of rotatable bonds is 8. The number of alkyl halides is 2. The van der Waals surface area contributed by atoms with Gasteiger partial charge in [-0.2, -0.15) is 0 Å². The second kappa shape index (κ2) is 10.7. The van der Waals surface area contributed by atoms with E-state index < -0.39 is 18.7 Å². The first-order valence-corrected chi connectivity index (χ1v) is 11.9. The van der Waals surface area contributed by atoms with E-state index in [1.807, 2.05) is 0 Å². The predicted octanol–water partition coefficient (Wildman–Crippen LogP) is 5.08. The molecule has 3 aromatic rings. The number of anilines is 2. The average Bonchev–Trinajstić information content (AvgIpc) is 3.25. The van der Waals surface area contributed by atoms with Gasteiger partial charge in [0.1, 0.15) is 24.3 Å². The number of carbonyl (C=O) groups is 1. The zero-order chi connectivity index (χ0) is 25.1. The molecule has 2 aromatic heterocycles. The number of aromatic amines is 1. The van der Waals surface area contributed by atoms with Gasteiger partial charge in [0.05, 0.1) is 43.0 Å². The number of aromatic nitrogens is 2. The maximum Gasteiger partial charge on any atom is 0.242 e. The van der Waals surface area contributed by atoms with Gasteiger partial charge in [-0.15, -0.1) is 0 Å². The molecule has 1 atom stereocenters. The molecule has 1 aromatic carbocycles. The minimum absolute atomic E-state index is 0.0719.